The number of benzene rings is 2. The molecular formula is C17H12F3NO. The number of oxazole rings is 1. The Bertz CT molecular complexity index is 749. The monoisotopic (exact) mass is 303 g/mol. The molecule has 0 saturated carbocycles. The highest BCUT2D eigenvalue weighted by Crippen LogP contribution is 2.34. The maximum Gasteiger partial charge on any atom is 0.468 e. The van der Waals surface area contributed by atoms with Crippen LogP contribution in [-0.4, -0.2) is 4.98 Å². The summed E-state index contributed by atoms with van der Waals surface area (Å²) in [4.78, 5) is 3.66. The van der Waals surface area contributed by atoms with E-state index < -0.39 is 12.1 Å². The SMILES string of the molecule is FC(F)(F)c1nc(-c2ccccc2)c(Cc2ccccc2)o1. The molecule has 2 aromatic carbocycles. The van der Waals surface area contributed by atoms with Crippen molar-refractivity contribution in [2.75, 3.05) is 0 Å². The molecule has 0 spiro atoms. The van der Waals surface area contributed by atoms with E-state index in [-0.39, 0.29) is 17.9 Å². The Morgan fingerprint density at radius 2 is 1.45 bits per heavy atom. The molecule has 0 unspecified atom stereocenters. The van der Waals surface area contributed by atoms with E-state index in [0.29, 0.717) is 5.56 Å². The highest BCUT2D eigenvalue weighted by molar-refractivity contribution is 5.61. The van der Waals surface area contributed by atoms with E-state index >= 15 is 0 Å². The molecule has 1 heterocycles. The second-order valence-electron chi connectivity index (χ2n) is 4.82. The molecule has 3 aromatic rings. The average Bonchev–Trinajstić information content (AvgIpc) is 2.93. The van der Waals surface area contributed by atoms with Crippen molar-refractivity contribution in [3.8, 4) is 11.3 Å². The Labute approximate surface area is 125 Å². The summed E-state index contributed by atoms with van der Waals surface area (Å²) in [6.45, 7) is 0. The highest BCUT2D eigenvalue weighted by atomic mass is 19.4. The zero-order valence-corrected chi connectivity index (χ0v) is 11.5. The molecule has 5 heteroatoms. The fraction of sp³-hybridized carbons (Fsp3) is 0.118. The summed E-state index contributed by atoms with van der Waals surface area (Å²) in [5.41, 5.74) is 1.70. The van der Waals surface area contributed by atoms with Crippen LogP contribution in [0.5, 0.6) is 0 Å². The molecule has 0 bridgehead atoms. The molecule has 0 aliphatic heterocycles. The highest BCUT2D eigenvalue weighted by Gasteiger charge is 2.38. The Hall–Kier alpha value is -2.56. The quantitative estimate of drug-likeness (QED) is 0.684. The van der Waals surface area contributed by atoms with Gasteiger partial charge in [0.15, 0.2) is 0 Å². The lowest BCUT2D eigenvalue weighted by Gasteiger charge is -2.01. The van der Waals surface area contributed by atoms with Crippen LogP contribution in [-0.2, 0) is 12.6 Å². The number of hydrogen-bond donors (Lipinski definition) is 0. The number of rotatable bonds is 3. The van der Waals surface area contributed by atoms with Crippen molar-refractivity contribution < 1.29 is 17.6 Å². The Morgan fingerprint density at radius 3 is 2.05 bits per heavy atom. The smallest absolute Gasteiger partial charge is 0.437 e. The van der Waals surface area contributed by atoms with Crippen LogP contribution in [0.2, 0.25) is 0 Å². The van der Waals surface area contributed by atoms with Gasteiger partial charge in [-0.05, 0) is 5.56 Å². The zero-order chi connectivity index (χ0) is 15.6. The summed E-state index contributed by atoms with van der Waals surface area (Å²) < 4.78 is 43.6. The summed E-state index contributed by atoms with van der Waals surface area (Å²) in [7, 11) is 0. The maximum atomic E-state index is 12.9. The lowest BCUT2D eigenvalue weighted by Crippen LogP contribution is -2.04. The molecule has 0 amide bonds. The molecule has 0 radical (unpaired) electrons. The van der Waals surface area contributed by atoms with Gasteiger partial charge in [0.05, 0.1) is 0 Å². The van der Waals surface area contributed by atoms with Gasteiger partial charge in [-0.25, -0.2) is 4.98 Å². The van der Waals surface area contributed by atoms with Gasteiger partial charge in [-0.15, -0.1) is 0 Å². The van der Waals surface area contributed by atoms with E-state index in [4.69, 9.17) is 4.42 Å². The molecule has 3 rings (SSSR count). The largest absolute Gasteiger partial charge is 0.468 e. The van der Waals surface area contributed by atoms with Gasteiger partial charge in [-0.2, -0.15) is 13.2 Å². The van der Waals surface area contributed by atoms with Gasteiger partial charge in [-0.3, -0.25) is 0 Å². The first kappa shape index (κ1) is 14.4. The molecule has 112 valence electrons. The number of hydrogen-bond acceptors (Lipinski definition) is 2. The van der Waals surface area contributed by atoms with Crippen LogP contribution in [0.1, 0.15) is 17.2 Å². The third kappa shape index (κ3) is 3.03. The predicted octanol–water partition coefficient (Wildman–Crippen LogP) is 4.95. The topological polar surface area (TPSA) is 26.0 Å². The molecule has 0 saturated heterocycles. The van der Waals surface area contributed by atoms with Crippen LogP contribution < -0.4 is 0 Å². The summed E-state index contributed by atoms with van der Waals surface area (Å²) in [6.07, 6.45) is -4.34. The Morgan fingerprint density at radius 1 is 0.864 bits per heavy atom. The number of halogens is 3. The standard InChI is InChI=1S/C17H12F3NO/c18-17(19,20)16-21-15(13-9-5-2-6-10-13)14(22-16)11-12-7-3-1-4-8-12/h1-10H,11H2. The third-order valence-corrected chi connectivity index (χ3v) is 3.19. The molecule has 0 aliphatic rings. The molecule has 2 nitrogen and oxygen atoms in total. The summed E-state index contributed by atoms with van der Waals surface area (Å²) in [5, 5.41) is 0. The second kappa shape index (κ2) is 5.67. The van der Waals surface area contributed by atoms with E-state index in [1.165, 1.54) is 0 Å². The van der Waals surface area contributed by atoms with E-state index in [0.717, 1.165) is 5.56 Å². The van der Waals surface area contributed by atoms with Crippen molar-refractivity contribution in [2.45, 2.75) is 12.6 Å². The molecular weight excluding hydrogens is 291 g/mol. The van der Waals surface area contributed by atoms with Crippen molar-refractivity contribution in [3.63, 3.8) is 0 Å². The van der Waals surface area contributed by atoms with Gasteiger partial charge in [0, 0.05) is 12.0 Å². The zero-order valence-electron chi connectivity index (χ0n) is 11.5. The van der Waals surface area contributed by atoms with Gasteiger partial charge >= 0.3 is 12.1 Å². The molecule has 0 fully saturated rings. The second-order valence-corrected chi connectivity index (χ2v) is 4.82. The summed E-state index contributed by atoms with van der Waals surface area (Å²) in [6, 6.07) is 17.9. The van der Waals surface area contributed by atoms with Gasteiger partial charge in [-0.1, -0.05) is 60.7 Å². The van der Waals surface area contributed by atoms with Gasteiger partial charge in [0.1, 0.15) is 11.5 Å². The van der Waals surface area contributed by atoms with Crippen molar-refractivity contribution in [2.24, 2.45) is 0 Å². The molecule has 22 heavy (non-hydrogen) atoms. The van der Waals surface area contributed by atoms with Crippen LogP contribution in [0, 0.1) is 0 Å². The van der Waals surface area contributed by atoms with Gasteiger partial charge in [0.25, 0.3) is 0 Å². The predicted molar refractivity (Wildman–Crippen MR) is 76.2 cm³/mol. The van der Waals surface area contributed by atoms with Crippen LogP contribution >= 0.6 is 0 Å². The van der Waals surface area contributed by atoms with Crippen LogP contribution in [0.15, 0.2) is 65.1 Å². The van der Waals surface area contributed by atoms with Crippen molar-refractivity contribution in [1.82, 2.24) is 4.98 Å². The fourth-order valence-electron chi connectivity index (χ4n) is 2.20. The first-order valence-corrected chi connectivity index (χ1v) is 6.70. The lowest BCUT2D eigenvalue weighted by atomic mass is 10.1. The van der Waals surface area contributed by atoms with E-state index in [1.54, 1.807) is 30.3 Å². The Balaban J connectivity index is 2.05. The summed E-state index contributed by atoms with van der Waals surface area (Å²) in [5.74, 6) is -0.998. The van der Waals surface area contributed by atoms with Crippen molar-refractivity contribution >= 4 is 0 Å². The molecule has 0 aliphatic carbocycles. The van der Waals surface area contributed by atoms with Crippen molar-refractivity contribution in [3.05, 3.63) is 77.9 Å². The average molecular weight is 303 g/mol. The maximum absolute atomic E-state index is 12.9. The fourth-order valence-corrected chi connectivity index (χ4v) is 2.20. The number of aromatic nitrogens is 1. The van der Waals surface area contributed by atoms with Gasteiger partial charge < -0.3 is 4.42 Å². The minimum atomic E-state index is -4.60. The van der Waals surface area contributed by atoms with E-state index in [9.17, 15) is 13.2 Å². The van der Waals surface area contributed by atoms with E-state index in [1.807, 2.05) is 30.3 Å². The molecule has 1 aromatic heterocycles. The third-order valence-electron chi connectivity index (χ3n) is 3.19. The van der Waals surface area contributed by atoms with Crippen LogP contribution in [0.4, 0.5) is 13.2 Å². The van der Waals surface area contributed by atoms with Crippen LogP contribution in [0.25, 0.3) is 11.3 Å². The minimum absolute atomic E-state index is 0.213. The van der Waals surface area contributed by atoms with Crippen molar-refractivity contribution in [1.29, 1.82) is 0 Å². The molecule has 0 N–H and O–H groups in total. The minimum Gasteiger partial charge on any atom is -0.437 e. The Kier molecular flexibility index (Phi) is 3.71. The number of alkyl halides is 3. The first-order chi connectivity index (χ1) is 10.5. The van der Waals surface area contributed by atoms with Crippen LogP contribution in [0.3, 0.4) is 0 Å². The van der Waals surface area contributed by atoms with E-state index in [2.05, 4.69) is 4.98 Å². The summed E-state index contributed by atoms with van der Waals surface area (Å²) >= 11 is 0. The number of nitrogens with zero attached hydrogens (tertiary/aromatic N) is 1. The normalized spacial score (nSPS) is 11.6. The van der Waals surface area contributed by atoms with Gasteiger partial charge in [0.2, 0.25) is 0 Å². The molecule has 0 atom stereocenters. The first-order valence-electron chi connectivity index (χ1n) is 6.70. The lowest BCUT2D eigenvalue weighted by molar-refractivity contribution is -0.157.